The standard InChI is InChI=1S/C12H16N2O/c1-3-4-5-6-11-7-8-12(13-9-11)14-10(2)15/h5-9H,3-4H2,1-2H3,(H,13,14,15)/b6-5+. The normalized spacial score (nSPS) is 10.5. The van der Waals surface area contributed by atoms with Crippen molar-refractivity contribution in [3.05, 3.63) is 30.0 Å². The van der Waals surface area contributed by atoms with Gasteiger partial charge in [-0.3, -0.25) is 4.79 Å². The molecule has 3 heteroatoms. The van der Waals surface area contributed by atoms with Crippen molar-refractivity contribution < 1.29 is 4.79 Å². The van der Waals surface area contributed by atoms with Gasteiger partial charge < -0.3 is 5.32 Å². The Kier molecular flexibility index (Phi) is 4.54. The van der Waals surface area contributed by atoms with Crippen LogP contribution in [0.3, 0.4) is 0 Å². The van der Waals surface area contributed by atoms with Crippen LogP contribution < -0.4 is 5.32 Å². The Morgan fingerprint density at radius 2 is 2.33 bits per heavy atom. The smallest absolute Gasteiger partial charge is 0.222 e. The van der Waals surface area contributed by atoms with Crippen LogP contribution in [0.2, 0.25) is 0 Å². The highest BCUT2D eigenvalue weighted by Gasteiger charge is 1.95. The largest absolute Gasteiger partial charge is 0.311 e. The van der Waals surface area contributed by atoms with E-state index in [2.05, 4.69) is 23.3 Å². The quantitative estimate of drug-likeness (QED) is 0.819. The fraction of sp³-hybridized carbons (Fsp3) is 0.333. The highest BCUT2D eigenvalue weighted by atomic mass is 16.1. The van der Waals surface area contributed by atoms with Gasteiger partial charge in [0.25, 0.3) is 0 Å². The molecule has 0 unspecified atom stereocenters. The molecule has 1 amide bonds. The molecule has 0 radical (unpaired) electrons. The number of nitrogens with zero attached hydrogens (tertiary/aromatic N) is 1. The van der Waals surface area contributed by atoms with E-state index in [1.807, 2.05) is 12.1 Å². The number of hydrogen-bond acceptors (Lipinski definition) is 2. The number of carbonyl (C=O) groups excluding carboxylic acids is 1. The molecule has 0 bridgehead atoms. The number of hydrogen-bond donors (Lipinski definition) is 1. The van der Waals surface area contributed by atoms with Gasteiger partial charge in [0.05, 0.1) is 0 Å². The number of aromatic nitrogens is 1. The molecule has 1 aromatic rings. The molecule has 3 nitrogen and oxygen atoms in total. The Balaban J connectivity index is 2.60. The van der Waals surface area contributed by atoms with Gasteiger partial charge in [-0.15, -0.1) is 0 Å². The molecule has 0 atom stereocenters. The molecule has 0 aliphatic heterocycles. The second-order valence-electron chi connectivity index (χ2n) is 3.35. The molecule has 0 aliphatic carbocycles. The summed E-state index contributed by atoms with van der Waals surface area (Å²) in [6.45, 7) is 3.61. The minimum Gasteiger partial charge on any atom is -0.311 e. The van der Waals surface area contributed by atoms with Crippen LogP contribution in [-0.4, -0.2) is 10.9 Å². The zero-order chi connectivity index (χ0) is 11.1. The zero-order valence-electron chi connectivity index (χ0n) is 9.16. The van der Waals surface area contributed by atoms with E-state index in [0.717, 1.165) is 18.4 Å². The number of anilines is 1. The fourth-order valence-electron chi connectivity index (χ4n) is 1.14. The molecule has 1 aromatic heterocycles. The maximum atomic E-state index is 10.7. The van der Waals surface area contributed by atoms with Gasteiger partial charge in [-0.2, -0.15) is 0 Å². The van der Waals surface area contributed by atoms with Crippen molar-refractivity contribution in [1.29, 1.82) is 0 Å². The van der Waals surface area contributed by atoms with E-state index >= 15 is 0 Å². The Morgan fingerprint density at radius 1 is 1.53 bits per heavy atom. The van der Waals surface area contributed by atoms with E-state index in [9.17, 15) is 4.79 Å². The minimum atomic E-state index is -0.100. The maximum absolute atomic E-state index is 10.7. The lowest BCUT2D eigenvalue weighted by atomic mass is 10.2. The van der Waals surface area contributed by atoms with Crippen LogP contribution in [-0.2, 0) is 4.79 Å². The molecule has 0 saturated heterocycles. The second-order valence-corrected chi connectivity index (χ2v) is 3.35. The summed E-state index contributed by atoms with van der Waals surface area (Å²) in [7, 11) is 0. The van der Waals surface area contributed by atoms with E-state index in [-0.39, 0.29) is 5.91 Å². The van der Waals surface area contributed by atoms with E-state index in [1.54, 1.807) is 12.3 Å². The number of unbranched alkanes of at least 4 members (excludes halogenated alkanes) is 1. The van der Waals surface area contributed by atoms with Crippen LogP contribution in [0.1, 0.15) is 32.3 Å². The first kappa shape index (κ1) is 11.4. The van der Waals surface area contributed by atoms with Crippen molar-refractivity contribution in [1.82, 2.24) is 4.98 Å². The van der Waals surface area contributed by atoms with E-state index in [1.165, 1.54) is 6.92 Å². The SMILES string of the molecule is CCC/C=C/c1ccc(NC(C)=O)nc1. The van der Waals surface area contributed by atoms with E-state index < -0.39 is 0 Å². The molecule has 1 rings (SSSR count). The number of nitrogens with one attached hydrogen (secondary N) is 1. The minimum absolute atomic E-state index is 0.100. The second kappa shape index (κ2) is 5.96. The molecular formula is C12H16N2O. The summed E-state index contributed by atoms with van der Waals surface area (Å²) in [6.07, 6.45) is 8.13. The van der Waals surface area contributed by atoms with Gasteiger partial charge in [0, 0.05) is 13.1 Å². The Bertz CT molecular complexity index is 341. The van der Waals surface area contributed by atoms with Gasteiger partial charge in [0.2, 0.25) is 5.91 Å². The van der Waals surface area contributed by atoms with Crippen LogP contribution >= 0.6 is 0 Å². The predicted octanol–water partition coefficient (Wildman–Crippen LogP) is 2.85. The summed E-state index contributed by atoms with van der Waals surface area (Å²) in [5.74, 6) is 0.493. The fourth-order valence-corrected chi connectivity index (χ4v) is 1.14. The average Bonchev–Trinajstić information content (AvgIpc) is 2.20. The van der Waals surface area contributed by atoms with Gasteiger partial charge in [0.15, 0.2) is 0 Å². The van der Waals surface area contributed by atoms with Crippen molar-refractivity contribution in [2.24, 2.45) is 0 Å². The zero-order valence-corrected chi connectivity index (χ0v) is 9.16. The van der Waals surface area contributed by atoms with Gasteiger partial charge in [-0.25, -0.2) is 4.98 Å². The first-order valence-electron chi connectivity index (χ1n) is 5.12. The van der Waals surface area contributed by atoms with Crippen LogP contribution in [0, 0.1) is 0 Å². The van der Waals surface area contributed by atoms with Gasteiger partial charge in [0.1, 0.15) is 5.82 Å². The number of allylic oxidation sites excluding steroid dienone is 1. The van der Waals surface area contributed by atoms with Crippen LogP contribution in [0.15, 0.2) is 24.4 Å². The Morgan fingerprint density at radius 3 is 2.87 bits per heavy atom. The summed E-state index contributed by atoms with van der Waals surface area (Å²) >= 11 is 0. The molecule has 1 N–H and O–H groups in total. The summed E-state index contributed by atoms with van der Waals surface area (Å²) in [5, 5.41) is 2.63. The Hall–Kier alpha value is -1.64. The summed E-state index contributed by atoms with van der Waals surface area (Å²) in [5.41, 5.74) is 1.05. The van der Waals surface area contributed by atoms with Crippen molar-refractivity contribution >= 4 is 17.8 Å². The lowest BCUT2D eigenvalue weighted by Crippen LogP contribution is -2.06. The lowest BCUT2D eigenvalue weighted by Gasteiger charge is -2.00. The number of rotatable bonds is 4. The topological polar surface area (TPSA) is 42.0 Å². The number of pyridine rings is 1. The van der Waals surface area contributed by atoms with E-state index in [0.29, 0.717) is 5.82 Å². The molecule has 0 fully saturated rings. The summed E-state index contributed by atoms with van der Waals surface area (Å²) in [6, 6.07) is 3.73. The van der Waals surface area contributed by atoms with Crippen molar-refractivity contribution in [3.8, 4) is 0 Å². The van der Waals surface area contributed by atoms with Crippen molar-refractivity contribution in [3.63, 3.8) is 0 Å². The summed E-state index contributed by atoms with van der Waals surface area (Å²) in [4.78, 5) is 14.9. The van der Waals surface area contributed by atoms with Gasteiger partial charge >= 0.3 is 0 Å². The Labute approximate surface area is 90.2 Å². The summed E-state index contributed by atoms with van der Waals surface area (Å²) < 4.78 is 0. The molecule has 1 heterocycles. The van der Waals surface area contributed by atoms with Crippen molar-refractivity contribution in [2.75, 3.05) is 5.32 Å². The van der Waals surface area contributed by atoms with Crippen LogP contribution in [0.25, 0.3) is 6.08 Å². The van der Waals surface area contributed by atoms with Crippen molar-refractivity contribution in [2.45, 2.75) is 26.7 Å². The monoisotopic (exact) mass is 204 g/mol. The third-order valence-corrected chi connectivity index (χ3v) is 1.86. The highest BCUT2D eigenvalue weighted by molar-refractivity contribution is 5.87. The lowest BCUT2D eigenvalue weighted by molar-refractivity contribution is -0.114. The maximum Gasteiger partial charge on any atom is 0.222 e. The van der Waals surface area contributed by atoms with Crippen LogP contribution in [0.4, 0.5) is 5.82 Å². The molecule has 0 aromatic carbocycles. The van der Waals surface area contributed by atoms with Gasteiger partial charge in [-0.1, -0.05) is 25.5 Å². The van der Waals surface area contributed by atoms with Crippen LogP contribution in [0.5, 0.6) is 0 Å². The molecule has 0 aliphatic rings. The third kappa shape index (κ3) is 4.40. The highest BCUT2D eigenvalue weighted by Crippen LogP contribution is 2.07. The molecule has 80 valence electrons. The first-order chi connectivity index (χ1) is 7.22. The number of carbonyl (C=O) groups is 1. The number of amides is 1. The molecular weight excluding hydrogens is 188 g/mol. The third-order valence-electron chi connectivity index (χ3n) is 1.86. The molecule has 15 heavy (non-hydrogen) atoms. The molecule has 0 saturated carbocycles. The molecule has 0 spiro atoms. The predicted molar refractivity (Wildman–Crippen MR) is 62.5 cm³/mol. The van der Waals surface area contributed by atoms with Gasteiger partial charge in [-0.05, 0) is 24.1 Å². The van der Waals surface area contributed by atoms with E-state index in [4.69, 9.17) is 0 Å². The average molecular weight is 204 g/mol. The first-order valence-corrected chi connectivity index (χ1v) is 5.12.